The van der Waals surface area contributed by atoms with E-state index in [1.165, 1.54) is 5.56 Å². The van der Waals surface area contributed by atoms with E-state index in [1.54, 1.807) is 0 Å². The minimum absolute atomic E-state index is 0.107. The standard InChI is InChI=1S/C19H28N4O2/c1-3-13-6-4-5-7-17(13)25-14-10-23(11-14)19(24)18-15-12-22(2)9-8-16(15)20-21-18/h4-7,14-16,18,20-21H,3,8-12H2,1-2H3. The molecule has 25 heavy (non-hydrogen) atoms. The van der Waals surface area contributed by atoms with Crippen molar-refractivity contribution in [2.24, 2.45) is 5.92 Å². The topological polar surface area (TPSA) is 56.8 Å². The van der Waals surface area contributed by atoms with Crippen LogP contribution in [0.4, 0.5) is 0 Å². The van der Waals surface area contributed by atoms with Gasteiger partial charge in [-0.25, -0.2) is 5.43 Å². The van der Waals surface area contributed by atoms with E-state index < -0.39 is 0 Å². The highest BCUT2D eigenvalue weighted by Crippen LogP contribution is 2.27. The summed E-state index contributed by atoms with van der Waals surface area (Å²) in [7, 11) is 2.13. The SMILES string of the molecule is CCc1ccccc1OC1CN(C(=O)C2NNC3CCN(C)CC32)C1. The highest BCUT2D eigenvalue weighted by molar-refractivity contribution is 5.83. The summed E-state index contributed by atoms with van der Waals surface area (Å²) < 4.78 is 6.10. The van der Waals surface area contributed by atoms with Crippen molar-refractivity contribution >= 4 is 5.91 Å². The number of carbonyl (C=O) groups is 1. The molecule has 0 saturated carbocycles. The third kappa shape index (κ3) is 3.26. The van der Waals surface area contributed by atoms with Gasteiger partial charge in [-0.1, -0.05) is 25.1 Å². The fourth-order valence-corrected chi connectivity index (χ4v) is 4.20. The third-order valence-corrected chi connectivity index (χ3v) is 5.79. The first-order valence-corrected chi connectivity index (χ1v) is 9.38. The van der Waals surface area contributed by atoms with Gasteiger partial charge in [0.05, 0.1) is 13.1 Å². The van der Waals surface area contributed by atoms with Gasteiger partial charge >= 0.3 is 0 Å². The highest BCUT2D eigenvalue weighted by Gasteiger charge is 2.46. The van der Waals surface area contributed by atoms with Gasteiger partial charge in [0.25, 0.3) is 0 Å². The van der Waals surface area contributed by atoms with Gasteiger partial charge in [0.1, 0.15) is 17.9 Å². The molecule has 6 nitrogen and oxygen atoms in total. The van der Waals surface area contributed by atoms with Crippen molar-refractivity contribution in [1.82, 2.24) is 20.7 Å². The summed E-state index contributed by atoms with van der Waals surface area (Å²) in [5.41, 5.74) is 7.79. The van der Waals surface area contributed by atoms with Crippen LogP contribution in [0.5, 0.6) is 5.75 Å². The number of hydrogen-bond acceptors (Lipinski definition) is 5. The Kier molecular flexibility index (Phi) is 4.67. The van der Waals surface area contributed by atoms with Crippen LogP contribution in [0.1, 0.15) is 18.9 Å². The van der Waals surface area contributed by atoms with Gasteiger partial charge in [-0.3, -0.25) is 10.2 Å². The second-order valence-electron chi connectivity index (χ2n) is 7.53. The van der Waals surface area contributed by atoms with E-state index >= 15 is 0 Å². The maximum absolute atomic E-state index is 12.9. The van der Waals surface area contributed by atoms with Crippen molar-refractivity contribution < 1.29 is 9.53 Å². The summed E-state index contributed by atoms with van der Waals surface area (Å²) in [6, 6.07) is 8.47. The molecule has 136 valence electrons. The van der Waals surface area contributed by atoms with E-state index in [2.05, 4.69) is 35.8 Å². The largest absolute Gasteiger partial charge is 0.486 e. The van der Waals surface area contributed by atoms with E-state index in [1.807, 2.05) is 23.1 Å². The highest BCUT2D eigenvalue weighted by atomic mass is 16.5. The first kappa shape index (κ1) is 16.8. The second-order valence-corrected chi connectivity index (χ2v) is 7.53. The number of para-hydroxylation sites is 1. The number of amides is 1. The molecule has 3 aliphatic rings. The summed E-state index contributed by atoms with van der Waals surface area (Å²) in [5, 5.41) is 0. The third-order valence-electron chi connectivity index (χ3n) is 5.79. The van der Waals surface area contributed by atoms with Crippen LogP contribution in [0.2, 0.25) is 0 Å². The molecule has 1 aromatic carbocycles. The van der Waals surface area contributed by atoms with Gasteiger partial charge in [-0.05, 0) is 38.1 Å². The molecule has 4 rings (SSSR count). The molecule has 6 heteroatoms. The number of piperidine rings is 1. The van der Waals surface area contributed by atoms with Crippen LogP contribution < -0.4 is 15.6 Å². The Balaban J connectivity index is 1.32. The number of hydrazine groups is 1. The molecule has 1 aromatic rings. The number of likely N-dealkylation sites (tertiary alicyclic amines) is 2. The zero-order chi connectivity index (χ0) is 17.4. The lowest BCUT2D eigenvalue weighted by Gasteiger charge is -2.42. The van der Waals surface area contributed by atoms with Crippen molar-refractivity contribution in [1.29, 1.82) is 0 Å². The summed E-state index contributed by atoms with van der Waals surface area (Å²) in [5.74, 6) is 1.52. The lowest BCUT2D eigenvalue weighted by atomic mass is 9.87. The summed E-state index contributed by atoms with van der Waals surface area (Å²) in [6.45, 7) is 5.56. The number of fused-ring (bicyclic) bond motifs is 1. The van der Waals surface area contributed by atoms with Crippen LogP contribution in [0, 0.1) is 5.92 Å². The van der Waals surface area contributed by atoms with Gasteiger partial charge in [0.15, 0.2) is 0 Å². The van der Waals surface area contributed by atoms with Crippen molar-refractivity contribution in [3.63, 3.8) is 0 Å². The average Bonchev–Trinajstić information content (AvgIpc) is 3.00. The summed E-state index contributed by atoms with van der Waals surface area (Å²) in [6.07, 6.45) is 2.16. The van der Waals surface area contributed by atoms with Crippen molar-refractivity contribution in [3.8, 4) is 5.75 Å². The zero-order valence-corrected chi connectivity index (χ0v) is 15.1. The fourth-order valence-electron chi connectivity index (χ4n) is 4.20. The molecule has 2 N–H and O–H groups in total. The van der Waals surface area contributed by atoms with Crippen molar-refractivity contribution in [3.05, 3.63) is 29.8 Å². The predicted octanol–water partition coefficient (Wildman–Crippen LogP) is 0.635. The van der Waals surface area contributed by atoms with Crippen LogP contribution in [0.3, 0.4) is 0 Å². The van der Waals surface area contributed by atoms with Crippen LogP contribution in [0.25, 0.3) is 0 Å². The van der Waals surface area contributed by atoms with E-state index in [4.69, 9.17) is 4.74 Å². The minimum atomic E-state index is -0.114. The molecule has 1 amide bonds. The Hall–Kier alpha value is -1.63. The number of ether oxygens (including phenoxy) is 1. The van der Waals surface area contributed by atoms with E-state index in [0.29, 0.717) is 25.0 Å². The maximum atomic E-state index is 12.9. The van der Waals surface area contributed by atoms with Crippen LogP contribution >= 0.6 is 0 Å². The average molecular weight is 344 g/mol. The van der Waals surface area contributed by atoms with Gasteiger partial charge < -0.3 is 14.5 Å². The first-order valence-electron chi connectivity index (χ1n) is 9.38. The van der Waals surface area contributed by atoms with Gasteiger partial charge in [-0.2, -0.15) is 0 Å². The molecule has 3 atom stereocenters. The number of aryl methyl sites for hydroxylation is 1. The number of nitrogens with one attached hydrogen (secondary N) is 2. The number of carbonyl (C=O) groups excluding carboxylic acids is 1. The molecule has 3 heterocycles. The molecule has 3 saturated heterocycles. The molecule has 3 unspecified atom stereocenters. The molecular formula is C19H28N4O2. The first-order chi connectivity index (χ1) is 12.2. The number of benzene rings is 1. The maximum Gasteiger partial charge on any atom is 0.241 e. The molecule has 3 aliphatic heterocycles. The summed E-state index contributed by atoms with van der Waals surface area (Å²) >= 11 is 0. The molecule has 0 bridgehead atoms. The van der Waals surface area contributed by atoms with E-state index in [-0.39, 0.29) is 18.1 Å². The second kappa shape index (κ2) is 6.94. The Morgan fingerprint density at radius 1 is 1.24 bits per heavy atom. The quantitative estimate of drug-likeness (QED) is 0.839. The van der Waals surface area contributed by atoms with Crippen molar-refractivity contribution in [2.45, 2.75) is 38.0 Å². The number of rotatable bonds is 4. The van der Waals surface area contributed by atoms with Crippen LogP contribution in [-0.2, 0) is 11.2 Å². The smallest absolute Gasteiger partial charge is 0.241 e. The molecule has 0 aliphatic carbocycles. The Bertz CT molecular complexity index is 632. The number of hydrogen-bond donors (Lipinski definition) is 2. The fraction of sp³-hybridized carbons (Fsp3) is 0.632. The molecular weight excluding hydrogens is 316 g/mol. The Morgan fingerprint density at radius 2 is 2.04 bits per heavy atom. The Morgan fingerprint density at radius 3 is 2.84 bits per heavy atom. The predicted molar refractivity (Wildman–Crippen MR) is 96.3 cm³/mol. The van der Waals surface area contributed by atoms with E-state index in [9.17, 15) is 4.79 Å². The Labute approximate surface area is 149 Å². The van der Waals surface area contributed by atoms with Gasteiger partial charge in [0.2, 0.25) is 5.91 Å². The lowest BCUT2D eigenvalue weighted by molar-refractivity contribution is -0.143. The number of nitrogens with zero attached hydrogens (tertiary/aromatic N) is 2. The van der Waals surface area contributed by atoms with Crippen LogP contribution in [0.15, 0.2) is 24.3 Å². The normalized spacial score (nSPS) is 30.0. The van der Waals surface area contributed by atoms with E-state index in [0.717, 1.165) is 31.7 Å². The molecule has 3 fully saturated rings. The molecule has 0 spiro atoms. The lowest BCUT2D eigenvalue weighted by Crippen LogP contribution is -2.61. The van der Waals surface area contributed by atoms with Crippen molar-refractivity contribution in [2.75, 3.05) is 33.2 Å². The molecule has 0 radical (unpaired) electrons. The summed E-state index contributed by atoms with van der Waals surface area (Å²) in [4.78, 5) is 17.1. The monoisotopic (exact) mass is 344 g/mol. The zero-order valence-electron chi connectivity index (χ0n) is 15.1. The van der Waals surface area contributed by atoms with Crippen LogP contribution in [-0.4, -0.2) is 67.1 Å². The van der Waals surface area contributed by atoms with Gasteiger partial charge in [-0.15, -0.1) is 0 Å². The minimum Gasteiger partial charge on any atom is -0.486 e. The molecule has 0 aromatic heterocycles. The van der Waals surface area contributed by atoms with Gasteiger partial charge in [0, 0.05) is 18.5 Å².